The van der Waals surface area contributed by atoms with Crippen LogP contribution in [0.5, 0.6) is 0 Å². The van der Waals surface area contributed by atoms with Gasteiger partial charge < -0.3 is 10.4 Å². The highest BCUT2D eigenvalue weighted by Crippen LogP contribution is 2.25. The molecule has 2 rings (SSSR count). The van der Waals surface area contributed by atoms with Gasteiger partial charge in [-0.05, 0) is 30.2 Å². The summed E-state index contributed by atoms with van der Waals surface area (Å²) in [6.07, 6.45) is 0.440. The Labute approximate surface area is 99.4 Å². The molecule has 6 heteroatoms. The Balaban J connectivity index is 2.24. The van der Waals surface area contributed by atoms with E-state index in [0.717, 1.165) is 24.2 Å². The third-order valence-electron chi connectivity index (χ3n) is 2.73. The minimum atomic E-state index is -3.49. The Morgan fingerprint density at radius 3 is 2.88 bits per heavy atom. The number of hydrogen-bond acceptors (Lipinski definition) is 4. The van der Waals surface area contributed by atoms with Crippen LogP contribution in [0.4, 0.5) is 5.69 Å². The third kappa shape index (κ3) is 2.58. The van der Waals surface area contributed by atoms with Crippen molar-refractivity contribution in [3.8, 4) is 0 Å². The van der Waals surface area contributed by atoms with Crippen molar-refractivity contribution >= 4 is 21.5 Å². The second-order valence-electron chi connectivity index (χ2n) is 3.96. The number of fused-ring (bicyclic) bond motifs is 1. The zero-order chi connectivity index (χ0) is 12.5. The molecule has 0 atom stereocenters. The predicted molar refractivity (Wildman–Crippen MR) is 62.9 cm³/mol. The summed E-state index contributed by atoms with van der Waals surface area (Å²) < 4.78 is 23.7. The van der Waals surface area contributed by atoms with E-state index in [2.05, 4.69) is 5.32 Å². The lowest BCUT2D eigenvalue weighted by Gasteiger charge is -2.05. The smallest absolute Gasteiger partial charge is 0.304 e. The van der Waals surface area contributed by atoms with Crippen molar-refractivity contribution in [2.24, 2.45) is 0 Å². The molecule has 17 heavy (non-hydrogen) atoms. The Morgan fingerprint density at radius 1 is 1.41 bits per heavy atom. The molecule has 0 aromatic heterocycles. The van der Waals surface area contributed by atoms with Gasteiger partial charge in [0, 0.05) is 12.2 Å². The van der Waals surface area contributed by atoms with Crippen LogP contribution in [0, 0.1) is 0 Å². The number of carboxylic acids is 1. The monoisotopic (exact) mass is 255 g/mol. The number of hydrogen-bond donors (Lipinski definition) is 2. The molecule has 1 aromatic rings. The zero-order valence-electron chi connectivity index (χ0n) is 9.14. The van der Waals surface area contributed by atoms with E-state index in [1.807, 2.05) is 0 Å². The van der Waals surface area contributed by atoms with Crippen LogP contribution >= 0.6 is 0 Å². The maximum absolute atomic E-state index is 11.9. The van der Waals surface area contributed by atoms with Gasteiger partial charge in [0.05, 0.1) is 17.1 Å². The summed E-state index contributed by atoms with van der Waals surface area (Å²) in [5, 5.41) is 11.6. The van der Waals surface area contributed by atoms with Crippen LogP contribution in [0.3, 0.4) is 0 Å². The average Bonchev–Trinajstić information content (AvgIpc) is 2.73. The van der Waals surface area contributed by atoms with Gasteiger partial charge in [0.15, 0.2) is 9.84 Å². The summed E-state index contributed by atoms with van der Waals surface area (Å²) in [7, 11) is -3.49. The predicted octanol–water partition coefficient (Wildman–Crippen LogP) is 0.903. The number of anilines is 1. The molecule has 0 saturated heterocycles. The molecule has 0 unspecified atom stereocenters. The van der Waals surface area contributed by atoms with Crippen LogP contribution in [-0.4, -0.2) is 31.8 Å². The molecule has 0 saturated carbocycles. The van der Waals surface area contributed by atoms with E-state index in [1.165, 1.54) is 6.07 Å². The topological polar surface area (TPSA) is 83.5 Å². The third-order valence-corrected chi connectivity index (χ3v) is 4.44. The van der Waals surface area contributed by atoms with Crippen molar-refractivity contribution in [1.82, 2.24) is 0 Å². The first-order chi connectivity index (χ1) is 7.99. The molecule has 92 valence electrons. The average molecular weight is 255 g/mol. The standard InChI is InChI=1S/C11H13NO4S/c13-11(14)4-6-17(15,16)9-1-2-10-8(7-9)3-5-12-10/h1-2,7,12H,3-6H2,(H,13,14). The molecule has 0 aliphatic carbocycles. The van der Waals surface area contributed by atoms with E-state index in [9.17, 15) is 13.2 Å². The quantitative estimate of drug-likeness (QED) is 0.835. The molecule has 1 aromatic carbocycles. The molecule has 1 aliphatic rings. The lowest BCUT2D eigenvalue weighted by atomic mass is 10.2. The first-order valence-electron chi connectivity index (χ1n) is 5.30. The zero-order valence-corrected chi connectivity index (χ0v) is 9.96. The van der Waals surface area contributed by atoms with Gasteiger partial charge in [-0.25, -0.2) is 8.42 Å². The van der Waals surface area contributed by atoms with Gasteiger partial charge in [-0.15, -0.1) is 0 Å². The van der Waals surface area contributed by atoms with Crippen molar-refractivity contribution in [2.45, 2.75) is 17.7 Å². The Hall–Kier alpha value is -1.56. The van der Waals surface area contributed by atoms with E-state index in [0.29, 0.717) is 0 Å². The summed E-state index contributed by atoms with van der Waals surface area (Å²) in [4.78, 5) is 10.6. The minimum Gasteiger partial charge on any atom is -0.481 e. The van der Waals surface area contributed by atoms with Crippen LogP contribution in [-0.2, 0) is 21.1 Å². The summed E-state index contributed by atoms with van der Waals surface area (Å²) in [5.41, 5.74) is 1.93. The fraction of sp³-hybridized carbons (Fsp3) is 0.364. The van der Waals surface area contributed by atoms with Gasteiger partial charge in [-0.1, -0.05) is 0 Å². The molecule has 1 heterocycles. The normalized spacial score (nSPS) is 14.1. The lowest BCUT2D eigenvalue weighted by Crippen LogP contribution is -2.11. The van der Waals surface area contributed by atoms with Crippen molar-refractivity contribution < 1.29 is 18.3 Å². The number of benzene rings is 1. The van der Waals surface area contributed by atoms with Crippen molar-refractivity contribution in [2.75, 3.05) is 17.6 Å². The molecule has 0 bridgehead atoms. The lowest BCUT2D eigenvalue weighted by molar-refractivity contribution is -0.136. The number of sulfone groups is 1. The molecular weight excluding hydrogens is 242 g/mol. The van der Waals surface area contributed by atoms with Gasteiger partial charge in [0.25, 0.3) is 0 Å². The van der Waals surface area contributed by atoms with Crippen LogP contribution in [0.15, 0.2) is 23.1 Å². The Bertz CT molecular complexity index is 551. The summed E-state index contributed by atoms with van der Waals surface area (Å²) >= 11 is 0. The number of aliphatic carboxylic acids is 1. The molecule has 0 spiro atoms. The maximum Gasteiger partial charge on any atom is 0.304 e. The minimum absolute atomic E-state index is 0.209. The SMILES string of the molecule is O=C(O)CCS(=O)(=O)c1ccc2c(c1)CCN2. The second-order valence-corrected chi connectivity index (χ2v) is 6.07. The number of rotatable bonds is 4. The Morgan fingerprint density at radius 2 is 2.18 bits per heavy atom. The first-order valence-corrected chi connectivity index (χ1v) is 6.95. The molecule has 2 N–H and O–H groups in total. The van der Waals surface area contributed by atoms with Gasteiger partial charge in [-0.2, -0.15) is 0 Å². The molecule has 0 radical (unpaired) electrons. The number of carbonyl (C=O) groups is 1. The van der Waals surface area contributed by atoms with Crippen LogP contribution in [0.25, 0.3) is 0 Å². The fourth-order valence-electron chi connectivity index (χ4n) is 1.81. The van der Waals surface area contributed by atoms with E-state index in [1.54, 1.807) is 12.1 Å². The van der Waals surface area contributed by atoms with E-state index >= 15 is 0 Å². The fourth-order valence-corrected chi connectivity index (χ4v) is 3.09. The van der Waals surface area contributed by atoms with E-state index < -0.39 is 15.8 Å². The first kappa shape index (κ1) is 11.9. The highest BCUT2D eigenvalue weighted by Gasteiger charge is 2.19. The van der Waals surface area contributed by atoms with E-state index in [4.69, 9.17) is 5.11 Å². The van der Waals surface area contributed by atoms with Crippen LogP contribution < -0.4 is 5.32 Å². The van der Waals surface area contributed by atoms with Gasteiger partial charge >= 0.3 is 5.97 Å². The maximum atomic E-state index is 11.9. The van der Waals surface area contributed by atoms with Crippen molar-refractivity contribution in [3.63, 3.8) is 0 Å². The van der Waals surface area contributed by atoms with Crippen molar-refractivity contribution in [3.05, 3.63) is 23.8 Å². The molecule has 0 amide bonds. The largest absolute Gasteiger partial charge is 0.481 e. The van der Waals surface area contributed by atoms with Gasteiger partial charge in [0.2, 0.25) is 0 Å². The highest BCUT2D eigenvalue weighted by atomic mass is 32.2. The molecule has 5 nitrogen and oxygen atoms in total. The molecular formula is C11H13NO4S. The second kappa shape index (κ2) is 4.37. The highest BCUT2D eigenvalue weighted by molar-refractivity contribution is 7.91. The van der Waals surface area contributed by atoms with Gasteiger partial charge in [-0.3, -0.25) is 4.79 Å². The molecule has 0 fully saturated rings. The Kier molecular flexibility index (Phi) is 3.06. The van der Waals surface area contributed by atoms with Crippen LogP contribution in [0.1, 0.15) is 12.0 Å². The summed E-state index contributed by atoms with van der Waals surface area (Å²) in [5.74, 6) is -1.45. The van der Waals surface area contributed by atoms with Gasteiger partial charge in [0.1, 0.15) is 0 Å². The van der Waals surface area contributed by atoms with Crippen molar-refractivity contribution in [1.29, 1.82) is 0 Å². The number of carboxylic acid groups (broad SMARTS) is 1. The van der Waals surface area contributed by atoms with Crippen LogP contribution in [0.2, 0.25) is 0 Å². The summed E-state index contributed by atoms with van der Waals surface area (Å²) in [6.45, 7) is 0.813. The van der Waals surface area contributed by atoms with E-state index in [-0.39, 0.29) is 17.1 Å². The summed E-state index contributed by atoms with van der Waals surface area (Å²) in [6, 6.07) is 4.89. The molecule has 1 aliphatic heterocycles. The number of nitrogens with one attached hydrogen (secondary N) is 1.